The summed E-state index contributed by atoms with van der Waals surface area (Å²) in [7, 11) is 0. The van der Waals surface area contributed by atoms with Crippen molar-refractivity contribution in [3.63, 3.8) is 0 Å². The van der Waals surface area contributed by atoms with Crippen molar-refractivity contribution in [3.8, 4) is 17.1 Å². The largest absolute Gasteiger partial charge is 0.441 e. The number of rotatable bonds is 6. The molecule has 0 radical (unpaired) electrons. The number of amides is 1. The molecule has 0 atom stereocenters. The Balaban J connectivity index is 1.31. The van der Waals surface area contributed by atoms with Crippen LogP contribution in [0.3, 0.4) is 0 Å². The number of halogens is 1. The van der Waals surface area contributed by atoms with Crippen LogP contribution < -0.4 is 5.32 Å². The zero-order valence-corrected chi connectivity index (χ0v) is 15.5. The lowest BCUT2D eigenvalue weighted by Crippen LogP contribution is -2.12. The van der Waals surface area contributed by atoms with Gasteiger partial charge in [-0.3, -0.25) is 9.36 Å². The first-order valence-electron chi connectivity index (χ1n) is 8.62. The summed E-state index contributed by atoms with van der Waals surface area (Å²) in [4.78, 5) is 24.7. The smallest absolute Gasteiger partial charge is 0.224 e. The molecule has 1 N–H and O–H groups in total. The Hall–Kier alpha value is -3.45. The predicted octanol–water partition coefficient (Wildman–Crippen LogP) is 4.15. The number of anilines is 1. The van der Waals surface area contributed by atoms with Gasteiger partial charge in [-0.15, -0.1) is 0 Å². The molecule has 4 aromatic rings. The lowest BCUT2D eigenvalue weighted by Gasteiger charge is -2.05. The van der Waals surface area contributed by atoms with Gasteiger partial charge < -0.3 is 9.73 Å². The Morgan fingerprint density at radius 1 is 1.11 bits per heavy atom. The van der Waals surface area contributed by atoms with Gasteiger partial charge in [0.1, 0.15) is 12.1 Å². The summed E-state index contributed by atoms with van der Waals surface area (Å²) < 4.78 is 7.50. The van der Waals surface area contributed by atoms with Crippen LogP contribution in [0.5, 0.6) is 0 Å². The topological polar surface area (TPSA) is 85.8 Å². The maximum atomic E-state index is 12.2. The van der Waals surface area contributed by atoms with E-state index in [9.17, 15) is 4.79 Å². The Morgan fingerprint density at radius 2 is 1.96 bits per heavy atom. The number of hydrogen-bond donors (Lipinski definition) is 1. The predicted molar refractivity (Wildman–Crippen MR) is 105 cm³/mol. The molecule has 0 aliphatic rings. The van der Waals surface area contributed by atoms with Crippen molar-refractivity contribution in [2.45, 2.75) is 12.8 Å². The zero-order valence-electron chi connectivity index (χ0n) is 14.7. The highest BCUT2D eigenvalue weighted by Crippen LogP contribution is 2.22. The van der Waals surface area contributed by atoms with Gasteiger partial charge in [0.15, 0.2) is 11.7 Å². The quantitative estimate of drug-likeness (QED) is 0.532. The van der Waals surface area contributed by atoms with Crippen molar-refractivity contribution in [1.82, 2.24) is 19.5 Å². The van der Waals surface area contributed by atoms with Gasteiger partial charge in [-0.05, 0) is 36.4 Å². The molecule has 1 aromatic carbocycles. The summed E-state index contributed by atoms with van der Waals surface area (Å²) in [6, 6.07) is 10.9. The number of hydrogen-bond acceptors (Lipinski definition) is 5. The van der Waals surface area contributed by atoms with E-state index in [1.807, 2.05) is 18.2 Å². The van der Waals surface area contributed by atoms with E-state index in [1.54, 1.807) is 53.9 Å². The molecule has 0 saturated heterocycles. The summed E-state index contributed by atoms with van der Waals surface area (Å²) in [5, 5.41) is 3.48. The number of nitrogens with zero attached hydrogens (tertiary/aromatic N) is 4. The number of imidazole rings is 1. The molecular formula is C20H16ClN5O2. The summed E-state index contributed by atoms with van der Waals surface area (Å²) in [6.07, 6.45) is 9.05. The van der Waals surface area contributed by atoms with E-state index < -0.39 is 0 Å². The molecule has 0 aliphatic heterocycles. The van der Waals surface area contributed by atoms with Crippen LogP contribution >= 0.6 is 11.6 Å². The number of nitrogens with one attached hydrogen (secondary N) is 1. The van der Waals surface area contributed by atoms with Gasteiger partial charge in [0.25, 0.3) is 0 Å². The standard InChI is InChI=1S/C20H16ClN5O2/c21-15-3-1-14(2-4-15)17-12-24-20(28-17)8-7-19(27)25-16-5-6-18(23-11-16)26-10-9-22-13-26/h1-6,9-13H,7-8H2,(H,25,27). The lowest BCUT2D eigenvalue weighted by atomic mass is 10.2. The van der Waals surface area contributed by atoms with E-state index in [2.05, 4.69) is 20.3 Å². The molecule has 3 aromatic heterocycles. The second-order valence-corrected chi connectivity index (χ2v) is 6.48. The third-order valence-corrected chi connectivity index (χ3v) is 4.30. The Labute approximate surface area is 166 Å². The van der Waals surface area contributed by atoms with E-state index in [4.69, 9.17) is 16.0 Å². The summed E-state index contributed by atoms with van der Waals surface area (Å²) in [5.74, 6) is 1.74. The van der Waals surface area contributed by atoms with E-state index in [1.165, 1.54) is 0 Å². The molecule has 0 unspecified atom stereocenters. The van der Waals surface area contributed by atoms with E-state index in [-0.39, 0.29) is 12.3 Å². The minimum atomic E-state index is -0.136. The highest BCUT2D eigenvalue weighted by atomic mass is 35.5. The van der Waals surface area contributed by atoms with Gasteiger partial charge in [-0.25, -0.2) is 15.0 Å². The van der Waals surface area contributed by atoms with Gasteiger partial charge >= 0.3 is 0 Å². The fraction of sp³-hybridized carbons (Fsp3) is 0.100. The molecule has 0 spiro atoms. The number of benzene rings is 1. The Morgan fingerprint density at radius 3 is 2.68 bits per heavy atom. The number of carbonyl (C=O) groups excluding carboxylic acids is 1. The van der Waals surface area contributed by atoms with Gasteiger partial charge in [0, 0.05) is 35.8 Å². The SMILES string of the molecule is O=C(CCc1ncc(-c2ccc(Cl)cc2)o1)Nc1ccc(-n2ccnc2)nc1. The van der Waals surface area contributed by atoms with Gasteiger partial charge in [-0.2, -0.15) is 0 Å². The van der Waals surface area contributed by atoms with Crippen molar-refractivity contribution >= 4 is 23.2 Å². The molecule has 140 valence electrons. The van der Waals surface area contributed by atoms with E-state index in [0.29, 0.717) is 28.8 Å². The second-order valence-electron chi connectivity index (χ2n) is 6.05. The minimum absolute atomic E-state index is 0.136. The fourth-order valence-electron chi connectivity index (χ4n) is 2.62. The lowest BCUT2D eigenvalue weighted by molar-refractivity contribution is -0.116. The van der Waals surface area contributed by atoms with Crippen LogP contribution in [0.25, 0.3) is 17.1 Å². The Kier molecular flexibility index (Phi) is 5.16. The third-order valence-electron chi connectivity index (χ3n) is 4.05. The normalized spacial score (nSPS) is 10.8. The summed E-state index contributed by atoms with van der Waals surface area (Å²) >= 11 is 5.89. The first-order chi connectivity index (χ1) is 13.7. The maximum Gasteiger partial charge on any atom is 0.224 e. The monoisotopic (exact) mass is 393 g/mol. The summed E-state index contributed by atoms with van der Waals surface area (Å²) in [5.41, 5.74) is 1.51. The van der Waals surface area contributed by atoms with Gasteiger partial charge in [-0.1, -0.05) is 11.6 Å². The molecule has 0 saturated carbocycles. The number of pyridine rings is 1. The van der Waals surface area contributed by atoms with Crippen molar-refractivity contribution in [2.24, 2.45) is 0 Å². The molecular weight excluding hydrogens is 378 g/mol. The second kappa shape index (κ2) is 8.06. The average molecular weight is 394 g/mol. The first kappa shape index (κ1) is 17.9. The number of aryl methyl sites for hydroxylation is 1. The molecule has 0 fully saturated rings. The molecule has 0 aliphatic carbocycles. The highest BCUT2D eigenvalue weighted by Gasteiger charge is 2.10. The maximum absolute atomic E-state index is 12.2. The minimum Gasteiger partial charge on any atom is -0.441 e. The summed E-state index contributed by atoms with van der Waals surface area (Å²) in [6.45, 7) is 0. The van der Waals surface area contributed by atoms with Crippen molar-refractivity contribution in [2.75, 3.05) is 5.32 Å². The number of aromatic nitrogens is 4. The van der Waals surface area contributed by atoms with Crippen LogP contribution in [0, 0.1) is 0 Å². The van der Waals surface area contributed by atoms with Gasteiger partial charge in [0.2, 0.25) is 5.91 Å². The van der Waals surface area contributed by atoms with Crippen LogP contribution in [-0.4, -0.2) is 25.4 Å². The average Bonchev–Trinajstić information content (AvgIpc) is 3.40. The van der Waals surface area contributed by atoms with Crippen molar-refractivity contribution < 1.29 is 9.21 Å². The van der Waals surface area contributed by atoms with E-state index >= 15 is 0 Å². The highest BCUT2D eigenvalue weighted by molar-refractivity contribution is 6.30. The first-order valence-corrected chi connectivity index (χ1v) is 9.00. The number of oxazole rings is 1. The molecule has 8 heteroatoms. The Bertz CT molecular complexity index is 1060. The molecule has 0 bridgehead atoms. The molecule has 28 heavy (non-hydrogen) atoms. The van der Waals surface area contributed by atoms with Crippen LogP contribution in [0.1, 0.15) is 12.3 Å². The van der Waals surface area contributed by atoms with Crippen molar-refractivity contribution in [3.05, 3.63) is 78.4 Å². The van der Waals surface area contributed by atoms with Crippen LogP contribution in [0.2, 0.25) is 5.02 Å². The molecule has 7 nitrogen and oxygen atoms in total. The van der Waals surface area contributed by atoms with Crippen LogP contribution in [0.4, 0.5) is 5.69 Å². The molecule has 3 heterocycles. The van der Waals surface area contributed by atoms with E-state index in [0.717, 1.165) is 11.4 Å². The third kappa shape index (κ3) is 4.27. The number of carbonyl (C=O) groups is 1. The molecule has 1 amide bonds. The van der Waals surface area contributed by atoms with Crippen molar-refractivity contribution in [1.29, 1.82) is 0 Å². The molecule has 4 rings (SSSR count). The van der Waals surface area contributed by atoms with Gasteiger partial charge in [0.05, 0.1) is 18.1 Å². The van der Waals surface area contributed by atoms with Crippen LogP contribution in [0.15, 0.2) is 71.9 Å². The fourth-order valence-corrected chi connectivity index (χ4v) is 2.75. The van der Waals surface area contributed by atoms with Crippen LogP contribution in [-0.2, 0) is 11.2 Å². The zero-order chi connectivity index (χ0) is 19.3.